The van der Waals surface area contributed by atoms with Crippen LogP contribution in [0.5, 0.6) is 5.75 Å². The van der Waals surface area contributed by atoms with Crippen LogP contribution in [-0.4, -0.2) is 321 Å². The molecule has 44 heteroatoms. The smallest absolute Gasteiger partial charge is 0.305 e. The summed E-state index contributed by atoms with van der Waals surface area (Å²) >= 11 is 0.760. The van der Waals surface area contributed by atoms with Crippen molar-refractivity contribution in [3.8, 4) is 5.75 Å². The Kier molecular flexibility index (Phi) is 37.1. The Hall–Kier alpha value is -13.5. The fourth-order valence-corrected chi connectivity index (χ4v) is 17.1. The van der Waals surface area contributed by atoms with E-state index in [0.29, 0.717) is 64.2 Å². The largest absolute Gasteiger partial charge is 0.508 e. The number of thioether (sulfide) groups is 1. The average molecular weight is 1860 g/mol. The minimum atomic E-state index is -1.93. The lowest BCUT2D eigenvalue weighted by molar-refractivity contribution is -0.149. The highest BCUT2D eigenvalue weighted by atomic mass is 32.2. The number of hydrogen-bond acceptors (Lipinski definition) is 23. The molecule has 0 unspecified atom stereocenters. The van der Waals surface area contributed by atoms with Gasteiger partial charge in [-0.05, 0) is 86.9 Å². The van der Waals surface area contributed by atoms with Crippen LogP contribution in [0.3, 0.4) is 0 Å². The Labute approximate surface area is 764 Å². The molecule has 132 heavy (non-hydrogen) atoms. The number of aliphatic hydroxyl groups excluding tert-OH is 2. The Morgan fingerprint density at radius 1 is 0.576 bits per heavy atom. The summed E-state index contributed by atoms with van der Waals surface area (Å²) in [7, 11) is 3.85. The number of aromatic hydroxyl groups is 1. The number of carboxylic acid groups (broad SMARTS) is 1. The molecular weight excluding hydrogens is 1740 g/mol. The Morgan fingerprint density at radius 2 is 1.17 bits per heavy atom. The third-order valence-electron chi connectivity index (χ3n) is 23.9. The van der Waals surface area contributed by atoms with Crippen LogP contribution in [0.25, 0.3) is 21.8 Å². The Morgan fingerprint density at radius 3 is 1.82 bits per heavy atom. The van der Waals surface area contributed by atoms with E-state index in [-0.39, 0.29) is 56.5 Å². The third-order valence-corrected chi connectivity index (χ3v) is 24.9. The summed E-state index contributed by atoms with van der Waals surface area (Å²) in [5.74, 6) is -20.5. The number of carbonyl (C=O) groups is 18. The first-order valence-electron chi connectivity index (χ1n) is 43.8. The van der Waals surface area contributed by atoms with Gasteiger partial charge in [0.2, 0.25) is 100 Å². The topological polar surface area (TPSA) is 637 Å². The van der Waals surface area contributed by atoms with Crippen LogP contribution in [0.1, 0.15) is 140 Å². The van der Waals surface area contributed by atoms with Crippen molar-refractivity contribution in [2.75, 3.05) is 58.9 Å². The normalized spacial score (nSPS) is 25.3. The molecule has 3 saturated heterocycles. The second-order valence-electron chi connectivity index (χ2n) is 33.4. The number of nitrogens with two attached hydrogens (primary N) is 2. The van der Waals surface area contributed by atoms with Gasteiger partial charge in [0.25, 0.3) is 0 Å². The van der Waals surface area contributed by atoms with Gasteiger partial charge in [0.15, 0.2) is 0 Å². The number of aliphatic hydroxyl groups is 2. The lowest BCUT2D eigenvalue weighted by Gasteiger charge is -2.36. The van der Waals surface area contributed by atoms with Crippen molar-refractivity contribution in [3.63, 3.8) is 0 Å². The molecule has 3 fully saturated rings. The molecule has 0 saturated carbocycles. The van der Waals surface area contributed by atoms with Gasteiger partial charge in [-0.2, -0.15) is 0 Å². The Bertz CT molecular complexity index is 5170. The number of unbranched alkanes of at least 4 members (excludes halogenated alkanes) is 2. The first-order valence-corrected chi connectivity index (χ1v) is 44.9. The molecular formula is C88H119N21O22S. The number of amides is 17. The second kappa shape index (κ2) is 47.9. The molecule has 21 N–H and O–H groups in total. The highest BCUT2D eigenvalue weighted by Crippen LogP contribution is 2.31. The number of H-pyrrole nitrogens is 3. The number of likely N-dealkylation sites (N-methyl/N-ethyl adjacent to an activating group) is 3. The van der Waals surface area contributed by atoms with Crippen molar-refractivity contribution >= 4 is 140 Å². The highest BCUT2D eigenvalue weighted by molar-refractivity contribution is 8.00. The number of para-hydroxylation sites is 2. The van der Waals surface area contributed by atoms with Crippen LogP contribution in [0.15, 0.2) is 97.7 Å². The molecule has 714 valence electrons. The van der Waals surface area contributed by atoms with E-state index in [1.165, 1.54) is 71.8 Å². The van der Waals surface area contributed by atoms with Crippen LogP contribution in [0.4, 0.5) is 0 Å². The number of nitrogens with zero attached hydrogens (tertiary/aromatic N) is 6. The summed E-state index contributed by atoms with van der Waals surface area (Å²) in [6, 6.07) is -3.24. The zero-order valence-corrected chi connectivity index (χ0v) is 75.5. The second-order valence-corrected chi connectivity index (χ2v) is 34.4. The molecule has 0 aliphatic carbocycles. The van der Waals surface area contributed by atoms with Gasteiger partial charge in [0.05, 0.1) is 43.5 Å². The summed E-state index contributed by atoms with van der Waals surface area (Å²) in [5, 5.41) is 70.1. The number of aromatic amines is 3. The van der Waals surface area contributed by atoms with E-state index in [2.05, 4.69) is 73.1 Å². The molecule has 3 aromatic heterocycles. The number of imidazole rings is 1. The number of phenolic OH excluding ortho intramolecular Hbond substituents is 1. The van der Waals surface area contributed by atoms with E-state index < -0.39 is 266 Å². The van der Waals surface area contributed by atoms with Crippen molar-refractivity contribution in [2.45, 2.75) is 228 Å². The lowest BCUT2D eigenvalue weighted by atomic mass is 9.91. The summed E-state index contributed by atoms with van der Waals surface area (Å²) in [6.45, 7) is 5.13. The standard InChI is InChI=1S/C88H119N21O22S/c1-9-11-22-66-80(123)96-47(4)75(118)103-65(77(120)94-40-71(90)114)43-132-44-72(115)97-61(32-49-25-27-52(111)28-26-49)84(127)105(6)48(5)76(119)100-63(36-73(116)117)87(130)108-31-17-24-67(108)81(124)99-60(34-51-38-91-45-95-51)78(121)98-59(29-30-70(89)113)86(129)109-41-53(112)35-69(109)82(125)104-74(46(3)56-39-93-58-21-16-14-19-55(56)58)83(126)102-64(42-110)79(122)101-62(33-50-37-92-57-20-15-13-18-54(50)57)85(128)107(8)68(23-12-10-2)88(131)106(66)7/h13-16,18-21,25-28,37-39,45-48,53,59-69,74,92-93,110-112H,9-12,17,22-24,29-36,40-44H2,1-8H3,(H2,89,113)(H2,90,114)(H,91,95)(H,94,120)(H,96,123)(H,97,115)(H,98,121)(H,99,124)(H,100,119)(H,101,122)(H,102,126)(H,103,118)(H,104,125)(H,116,117)/t46-,47-,48-,53+,59-,60-,61-,62-,63-,64-,65-,66-,67-,68-,69-,74-/m0/s1. The molecule has 3 aliphatic heterocycles. The zero-order valence-electron chi connectivity index (χ0n) is 74.7. The molecule has 0 spiro atoms. The van der Waals surface area contributed by atoms with Crippen LogP contribution in [-0.2, 0) is 106 Å². The minimum absolute atomic E-state index is 0.00214. The van der Waals surface area contributed by atoms with Gasteiger partial charge in [-0.15, -0.1) is 11.8 Å². The number of benzene rings is 3. The third kappa shape index (κ3) is 27.1. The number of fused-ring (bicyclic) bond motifs is 4. The van der Waals surface area contributed by atoms with Gasteiger partial charge in [-0.3, -0.25) is 86.3 Å². The van der Waals surface area contributed by atoms with Crippen LogP contribution < -0.4 is 64.6 Å². The van der Waals surface area contributed by atoms with Crippen LogP contribution in [0.2, 0.25) is 0 Å². The summed E-state index contributed by atoms with van der Waals surface area (Å²) in [6.07, 6.45) is 2.41. The first kappa shape index (κ1) is 102. The van der Waals surface area contributed by atoms with E-state index >= 15 is 33.6 Å². The summed E-state index contributed by atoms with van der Waals surface area (Å²) < 4.78 is 0. The molecule has 0 radical (unpaired) electrons. The Balaban J connectivity index is 1.09. The van der Waals surface area contributed by atoms with Crippen molar-refractivity contribution < 1.29 is 107 Å². The predicted molar refractivity (Wildman–Crippen MR) is 478 cm³/mol. The molecule has 3 aliphatic rings. The average Bonchev–Trinajstić information content (AvgIpc) is 1.63. The number of rotatable bonds is 23. The van der Waals surface area contributed by atoms with Crippen molar-refractivity contribution in [1.82, 2.24) is 97.6 Å². The van der Waals surface area contributed by atoms with E-state index in [1.54, 1.807) is 67.8 Å². The molecule has 17 amide bonds. The van der Waals surface area contributed by atoms with E-state index in [4.69, 9.17) is 11.5 Å². The summed E-state index contributed by atoms with van der Waals surface area (Å²) in [5.41, 5.74) is 13.8. The maximum atomic E-state index is 15.7. The molecule has 9 rings (SSSR count). The minimum Gasteiger partial charge on any atom is -0.508 e. The number of carbonyl (C=O) groups excluding carboxylic acids is 17. The van der Waals surface area contributed by atoms with E-state index in [9.17, 15) is 73.2 Å². The first-order chi connectivity index (χ1) is 62.8. The lowest BCUT2D eigenvalue weighted by Crippen LogP contribution is -2.62. The quantitative estimate of drug-likeness (QED) is 0.0308. The van der Waals surface area contributed by atoms with Gasteiger partial charge in [-0.25, -0.2) is 4.98 Å². The van der Waals surface area contributed by atoms with Crippen LogP contribution in [0, 0.1) is 0 Å². The highest BCUT2D eigenvalue weighted by Gasteiger charge is 2.47. The molecule has 6 aromatic rings. The number of primary amides is 2. The maximum Gasteiger partial charge on any atom is 0.305 e. The van der Waals surface area contributed by atoms with Gasteiger partial charge in [0.1, 0.15) is 90.3 Å². The monoisotopic (exact) mass is 1850 g/mol. The number of phenols is 1. The van der Waals surface area contributed by atoms with Crippen LogP contribution >= 0.6 is 11.8 Å². The number of hydrogen-bond donors (Lipinski definition) is 19. The SMILES string of the molecule is CCCC[C@H]1C(=O)N(C)[C@@H](CCCC)C(=O)N[C@@H](C)C(=O)N[C@H](C(=O)NCC(N)=O)CSCC(=O)N[C@@H](Cc2ccc(O)cc2)C(=O)N(C)[C@@H](C)C(=O)N[C@@H](CC(=O)O)C(=O)N2CCC[C@H]2C(=O)N[C@@H](Cc2c[nH]cn2)C(=O)N[C@@H](CCC(N)=O)C(=O)N2C[C@H](O)C[C@H]2C(=O)N[C@@H]([C@@H](C)c2c[nH]c3ccccc23)C(=O)N[C@@H](CO)C(=O)N[C@@H](Cc2c[nH]c3ccccc23)C(=O)N1C. The number of carboxylic acids is 1. The van der Waals surface area contributed by atoms with Gasteiger partial charge >= 0.3 is 5.97 Å². The maximum absolute atomic E-state index is 15.7. The summed E-state index contributed by atoms with van der Waals surface area (Å²) in [4.78, 5) is 279. The van der Waals surface area contributed by atoms with E-state index in [1.807, 2.05) is 13.8 Å². The van der Waals surface area contributed by atoms with Crippen molar-refractivity contribution in [2.24, 2.45) is 11.5 Å². The fourth-order valence-electron chi connectivity index (χ4n) is 16.3. The van der Waals surface area contributed by atoms with Crippen molar-refractivity contribution in [3.05, 3.63) is 120 Å². The number of aromatic nitrogens is 4. The molecule has 3 aromatic carbocycles. The molecule has 16 atom stereocenters. The zero-order chi connectivity index (χ0) is 96.5. The number of nitrogens with one attached hydrogen (secondary N) is 13. The molecule has 6 heterocycles. The number of aliphatic carboxylic acids is 1. The van der Waals surface area contributed by atoms with Gasteiger partial charge in [0, 0.05) is 118 Å². The molecule has 0 bridgehead atoms. The van der Waals surface area contributed by atoms with Gasteiger partial charge < -0.3 is 125 Å². The fraction of sp³-hybridized carbons (Fsp3) is 0.511. The van der Waals surface area contributed by atoms with Crippen molar-refractivity contribution in [1.29, 1.82) is 0 Å². The van der Waals surface area contributed by atoms with E-state index in [0.717, 1.165) is 36.3 Å². The van der Waals surface area contributed by atoms with Gasteiger partial charge in [-0.1, -0.05) is 95.0 Å². The predicted octanol–water partition coefficient (Wildman–Crippen LogP) is -2.79. The molecule has 43 nitrogen and oxygen atoms in total.